The quantitative estimate of drug-likeness (QED) is 0.730. The lowest BCUT2D eigenvalue weighted by molar-refractivity contribution is 0.305. The molecule has 0 fully saturated rings. The van der Waals surface area contributed by atoms with Crippen molar-refractivity contribution in [2.75, 3.05) is 12.4 Å². The molecule has 0 saturated heterocycles. The maximum atomic E-state index is 6.28. The Labute approximate surface area is 146 Å². The predicted octanol–water partition coefficient (Wildman–Crippen LogP) is 4.73. The summed E-state index contributed by atoms with van der Waals surface area (Å²) in [6, 6.07) is 13.5. The van der Waals surface area contributed by atoms with Gasteiger partial charge in [-0.3, -0.25) is 0 Å². The summed E-state index contributed by atoms with van der Waals surface area (Å²) in [7, 11) is 1.87. The third kappa shape index (κ3) is 3.49. The van der Waals surface area contributed by atoms with E-state index >= 15 is 0 Å². The molecule has 1 aromatic heterocycles. The number of halogens is 1. The van der Waals surface area contributed by atoms with Gasteiger partial charge in [0.1, 0.15) is 12.4 Å². The molecule has 1 N–H and O–H groups in total. The summed E-state index contributed by atoms with van der Waals surface area (Å²) >= 11 is 6.28. The number of rotatable bonds is 5. The van der Waals surface area contributed by atoms with Crippen LogP contribution in [-0.2, 0) is 6.61 Å². The van der Waals surface area contributed by atoms with Gasteiger partial charge < -0.3 is 10.1 Å². The molecule has 0 aliphatic heterocycles. The summed E-state index contributed by atoms with van der Waals surface area (Å²) in [6.45, 7) is 2.41. The van der Waals surface area contributed by atoms with Crippen LogP contribution in [0.2, 0.25) is 5.02 Å². The predicted molar refractivity (Wildman–Crippen MR) is 97.5 cm³/mol. The van der Waals surface area contributed by atoms with Gasteiger partial charge in [-0.05, 0) is 48.9 Å². The van der Waals surface area contributed by atoms with Crippen molar-refractivity contribution in [3.05, 3.63) is 71.0 Å². The van der Waals surface area contributed by atoms with Gasteiger partial charge in [0.05, 0.1) is 0 Å². The average Bonchev–Trinajstić information content (AvgIpc) is 2.62. The smallest absolute Gasteiger partial charge is 0.159 e. The molecule has 3 rings (SSSR count). The van der Waals surface area contributed by atoms with E-state index < -0.39 is 0 Å². The van der Waals surface area contributed by atoms with Crippen LogP contribution in [0.4, 0.5) is 5.69 Å². The monoisotopic (exact) mass is 339 g/mol. The minimum absolute atomic E-state index is 0.401. The summed E-state index contributed by atoms with van der Waals surface area (Å²) in [5.74, 6) is 1.52. The Balaban J connectivity index is 1.80. The zero-order chi connectivity index (χ0) is 16.9. The molecule has 122 valence electrons. The molecule has 0 saturated carbocycles. The second-order valence-corrected chi connectivity index (χ2v) is 5.76. The molecular weight excluding hydrogens is 322 g/mol. The molecule has 5 heteroatoms. The summed E-state index contributed by atoms with van der Waals surface area (Å²) in [5.41, 5.74) is 3.90. The Morgan fingerprint density at radius 1 is 1.08 bits per heavy atom. The van der Waals surface area contributed by atoms with Gasteiger partial charge in [-0.2, -0.15) is 0 Å². The Kier molecular flexibility index (Phi) is 4.96. The van der Waals surface area contributed by atoms with Crippen molar-refractivity contribution >= 4 is 17.3 Å². The number of nitrogens with zero attached hydrogens (tertiary/aromatic N) is 2. The number of nitrogens with one attached hydrogen (secondary N) is 1. The molecule has 0 unspecified atom stereocenters. The zero-order valence-corrected chi connectivity index (χ0v) is 14.3. The summed E-state index contributed by atoms with van der Waals surface area (Å²) in [5, 5.41) is 3.83. The molecule has 0 amide bonds. The van der Waals surface area contributed by atoms with Gasteiger partial charge in [0.15, 0.2) is 5.82 Å². The summed E-state index contributed by atoms with van der Waals surface area (Å²) < 4.78 is 5.97. The highest BCUT2D eigenvalue weighted by Crippen LogP contribution is 2.28. The van der Waals surface area contributed by atoms with Gasteiger partial charge in [0.25, 0.3) is 0 Å². The normalized spacial score (nSPS) is 10.5. The van der Waals surface area contributed by atoms with Crippen molar-refractivity contribution in [3.63, 3.8) is 0 Å². The van der Waals surface area contributed by atoms with Gasteiger partial charge in [-0.15, -0.1) is 0 Å². The molecule has 0 radical (unpaired) electrons. The minimum Gasteiger partial charge on any atom is -0.488 e. The van der Waals surface area contributed by atoms with Crippen LogP contribution < -0.4 is 10.1 Å². The molecule has 4 nitrogen and oxygen atoms in total. The number of ether oxygens (including phenoxy) is 1. The number of aryl methyl sites for hydroxylation is 1. The van der Waals surface area contributed by atoms with Crippen LogP contribution in [0.1, 0.15) is 11.1 Å². The topological polar surface area (TPSA) is 47.0 Å². The van der Waals surface area contributed by atoms with Gasteiger partial charge in [0, 0.05) is 41.3 Å². The highest BCUT2D eigenvalue weighted by Gasteiger charge is 2.09. The molecule has 0 aliphatic rings. The summed E-state index contributed by atoms with van der Waals surface area (Å²) in [4.78, 5) is 8.54. The minimum atomic E-state index is 0.401. The summed E-state index contributed by atoms with van der Waals surface area (Å²) in [6.07, 6.45) is 3.47. The highest BCUT2D eigenvalue weighted by molar-refractivity contribution is 6.31. The van der Waals surface area contributed by atoms with Crippen molar-refractivity contribution in [1.29, 1.82) is 0 Å². The number of anilines is 1. The van der Waals surface area contributed by atoms with Crippen molar-refractivity contribution in [1.82, 2.24) is 9.97 Å². The average molecular weight is 340 g/mol. The van der Waals surface area contributed by atoms with E-state index in [1.165, 1.54) is 0 Å². The van der Waals surface area contributed by atoms with E-state index in [0.717, 1.165) is 28.1 Å². The first-order chi connectivity index (χ1) is 11.7. The third-order valence-electron chi connectivity index (χ3n) is 3.76. The van der Waals surface area contributed by atoms with Crippen LogP contribution in [0.3, 0.4) is 0 Å². The van der Waals surface area contributed by atoms with E-state index in [-0.39, 0.29) is 0 Å². The Hall–Kier alpha value is -2.59. The van der Waals surface area contributed by atoms with E-state index in [1.807, 2.05) is 50.4 Å². The molecule has 0 bridgehead atoms. The van der Waals surface area contributed by atoms with Crippen LogP contribution >= 0.6 is 11.6 Å². The molecule has 0 spiro atoms. The molecule has 24 heavy (non-hydrogen) atoms. The van der Waals surface area contributed by atoms with Crippen LogP contribution in [0.15, 0.2) is 54.9 Å². The standard InChI is InChI=1S/C19H18ClN3O/c1-13-11-14(19-22-9-4-10-23-19)7-8-18(13)24-12-15-16(20)5-3-6-17(15)21-2/h3-11,21H,12H2,1-2H3. The van der Waals surface area contributed by atoms with Crippen molar-refractivity contribution in [2.45, 2.75) is 13.5 Å². The lowest BCUT2D eigenvalue weighted by Crippen LogP contribution is -2.02. The lowest BCUT2D eigenvalue weighted by atomic mass is 10.1. The van der Waals surface area contributed by atoms with E-state index in [0.29, 0.717) is 17.5 Å². The van der Waals surface area contributed by atoms with Crippen LogP contribution in [0.5, 0.6) is 5.75 Å². The van der Waals surface area contributed by atoms with E-state index in [9.17, 15) is 0 Å². The number of hydrogen-bond donors (Lipinski definition) is 1. The zero-order valence-electron chi connectivity index (χ0n) is 13.6. The van der Waals surface area contributed by atoms with Crippen molar-refractivity contribution < 1.29 is 4.74 Å². The largest absolute Gasteiger partial charge is 0.488 e. The van der Waals surface area contributed by atoms with Crippen LogP contribution in [0.25, 0.3) is 11.4 Å². The Morgan fingerprint density at radius 3 is 2.58 bits per heavy atom. The Bertz CT molecular complexity index is 837. The first kappa shape index (κ1) is 16.3. The fraction of sp³-hybridized carbons (Fsp3) is 0.158. The first-order valence-electron chi connectivity index (χ1n) is 7.65. The fourth-order valence-corrected chi connectivity index (χ4v) is 2.72. The number of benzene rings is 2. The SMILES string of the molecule is CNc1cccc(Cl)c1COc1ccc(-c2ncccn2)cc1C. The molecule has 3 aromatic rings. The molecule has 0 atom stereocenters. The first-order valence-corrected chi connectivity index (χ1v) is 8.03. The molecule has 0 aliphatic carbocycles. The second-order valence-electron chi connectivity index (χ2n) is 5.36. The number of hydrogen-bond acceptors (Lipinski definition) is 4. The highest BCUT2D eigenvalue weighted by atomic mass is 35.5. The van der Waals surface area contributed by atoms with Gasteiger partial charge in [-0.25, -0.2) is 9.97 Å². The second kappa shape index (κ2) is 7.32. The maximum absolute atomic E-state index is 6.28. The van der Waals surface area contributed by atoms with Gasteiger partial charge in [-0.1, -0.05) is 17.7 Å². The van der Waals surface area contributed by atoms with Crippen LogP contribution in [0, 0.1) is 6.92 Å². The lowest BCUT2D eigenvalue weighted by Gasteiger charge is -2.14. The fourth-order valence-electron chi connectivity index (χ4n) is 2.49. The maximum Gasteiger partial charge on any atom is 0.159 e. The van der Waals surface area contributed by atoms with E-state index in [1.54, 1.807) is 18.5 Å². The van der Waals surface area contributed by atoms with E-state index in [2.05, 4.69) is 15.3 Å². The van der Waals surface area contributed by atoms with Gasteiger partial charge in [0.2, 0.25) is 0 Å². The Morgan fingerprint density at radius 2 is 1.88 bits per heavy atom. The van der Waals surface area contributed by atoms with Crippen molar-refractivity contribution in [2.24, 2.45) is 0 Å². The molecule has 1 heterocycles. The van der Waals surface area contributed by atoms with Gasteiger partial charge >= 0.3 is 0 Å². The molecular formula is C19H18ClN3O. The van der Waals surface area contributed by atoms with E-state index in [4.69, 9.17) is 16.3 Å². The number of aromatic nitrogens is 2. The van der Waals surface area contributed by atoms with Crippen LogP contribution in [-0.4, -0.2) is 17.0 Å². The third-order valence-corrected chi connectivity index (χ3v) is 4.11. The van der Waals surface area contributed by atoms with Crippen molar-refractivity contribution in [3.8, 4) is 17.1 Å². The molecule has 2 aromatic carbocycles.